The second-order valence-corrected chi connectivity index (χ2v) is 7.58. The van der Waals surface area contributed by atoms with E-state index in [1.165, 1.54) is 24.3 Å². The molecule has 0 fully saturated rings. The summed E-state index contributed by atoms with van der Waals surface area (Å²) in [5, 5.41) is 19.4. The SMILES string of the molecule is CC(C)(C)C(=O)CSc1nc(N)c(C#N)c(-c2ccc(F)cc2)c1C#N. The van der Waals surface area contributed by atoms with Gasteiger partial charge in [-0.1, -0.05) is 44.7 Å². The molecular formula is C19H17FN4OS. The first-order valence-electron chi connectivity index (χ1n) is 7.74. The van der Waals surface area contributed by atoms with Gasteiger partial charge in [-0.25, -0.2) is 9.37 Å². The summed E-state index contributed by atoms with van der Waals surface area (Å²) in [4.78, 5) is 16.3. The first kappa shape index (κ1) is 19.4. The molecule has 7 heteroatoms. The van der Waals surface area contributed by atoms with Gasteiger partial charge in [0.1, 0.15) is 40.1 Å². The van der Waals surface area contributed by atoms with Crippen LogP contribution in [0, 0.1) is 33.9 Å². The number of halogens is 1. The second kappa shape index (κ2) is 7.55. The zero-order chi connectivity index (χ0) is 19.5. The number of nitrogens with two attached hydrogens (primary N) is 1. The minimum atomic E-state index is -0.516. The molecule has 0 amide bonds. The number of thioether (sulfide) groups is 1. The minimum Gasteiger partial charge on any atom is -0.383 e. The van der Waals surface area contributed by atoms with Gasteiger partial charge in [-0.2, -0.15) is 10.5 Å². The number of anilines is 1. The van der Waals surface area contributed by atoms with Gasteiger partial charge < -0.3 is 5.73 Å². The van der Waals surface area contributed by atoms with Crippen molar-refractivity contribution in [3.05, 3.63) is 41.2 Å². The van der Waals surface area contributed by atoms with Gasteiger partial charge in [0.05, 0.1) is 11.3 Å². The summed E-state index contributed by atoms with van der Waals surface area (Å²) in [5.41, 5.74) is 6.37. The van der Waals surface area contributed by atoms with Gasteiger partial charge in [0, 0.05) is 11.0 Å². The van der Waals surface area contributed by atoms with Crippen molar-refractivity contribution in [2.24, 2.45) is 5.41 Å². The third-order valence-electron chi connectivity index (χ3n) is 3.73. The Hall–Kier alpha value is -2.90. The van der Waals surface area contributed by atoms with Crippen molar-refractivity contribution >= 4 is 23.4 Å². The number of carbonyl (C=O) groups is 1. The molecule has 1 heterocycles. The Morgan fingerprint density at radius 2 is 1.77 bits per heavy atom. The standard InChI is InChI=1S/C19H17FN4OS/c1-19(2,3)15(25)10-26-18-14(9-22)16(13(8-21)17(23)24-18)11-4-6-12(20)7-5-11/h4-7H,10H2,1-3H3,(H2,23,24). The minimum absolute atomic E-state index is 0.000506. The van der Waals surface area contributed by atoms with Gasteiger partial charge in [-0.05, 0) is 17.7 Å². The molecule has 2 aromatic rings. The maximum Gasteiger partial charge on any atom is 0.148 e. The molecule has 1 aromatic heterocycles. The van der Waals surface area contributed by atoms with Crippen LogP contribution in [0.1, 0.15) is 31.9 Å². The van der Waals surface area contributed by atoms with E-state index in [2.05, 4.69) is 4.98 Å². The van der Waals surface area contributed by atoms with Gasteiger partial charge in [0.25, 0.3) is 0 Å². The topological polar surface area (TPSA) is 104 Å². The highest BCUT2D eigenvalue weighted by atomic mass is 32.2. The Morgan fingerprint density at radius 1 is 1.19 bits per heavy atom. The summed E-state index contributed by atoms with van der Waals surface area (Å²) in [6.07, 6.45) is 0. The predicted octanol–water partition coefficient (Wildman–Crippen LogP) is 3.92. The van der Waals surface area contributed by atoms with Crippen LogP contribution in [0.3, 0.4) is 0 Å². The molecule has 0 aliphatic carbocycles. The molecule has 2 rings (SSSR count). The lowest BCUT2D eigenvalue weighted by Gasteiger charge is -2.17. The number of nitriles is 2. The zero-order valence-electron chi connectivity index (χ0n) is 14.6. The van der Waals surface area contributed by atoms with Crippen LogP contribution in [0.5, 0.6) is 0 Å². The van der Waals surface area contributed by atoms with E-state index in [4.69, 9.17) is 5.73 Å². The molecular weight excluding hydrogens is 351 g/mol. The number of nitrogen functional groups attached to an aromatic ring is 1. The summed E-state index contributed by atoms with van der Waals surface area (Å²) in [6.45, 7) is 5.43. The van der Waals surface area contributed by atoms with E-state index >= 15 is 0 Å². The van der Waals surface area contributed by atoms with Crippen molar-refractivity contribution < 1.29 is 9.18 Å². The van der Waals surface area contributed by atoms with Crippen molar-refractivity contribution in [3.63, 3.8) is 0 Å². The van der Waals surface area contributed by atoms with Crippen LogP contribution in [-0.2, 0) is 4.79 Å². The molecule has 0 bridgehead atoms. The van der Waals surface area contributed by atoms with Gasteiger partial charge in [0.15, 0.2) is 0 Å². The van der Waals surface area contributed by atoms with Crippen molar-refractivity contribution in [3.8, 4) is 23.3 Å². The fourth-order valence-corrected chi connectivity index (χ4v) is 3.31. The molecule has 0 radical (unpaired) electrons. The van der Waals surface area contributed by atoms with E-state index in [-0.39, 0.29) is 33.5 Å². The highest BCUT2D eigenvalue weighted by molar-refractivity contribution is 8.00. The van der Waals surface area contributed by atoms with Crippen LogP contribution < -0.4 is 5.73 Å². The molecule has 0 atom stereocenters. The Labute approximate surface area is 155 Å². The number of aromatic nitrogens is 1. The average Bonchev–Trinajstić information content (AvgIpc) is 2.58. The van der Waals surface area contributed by atoms with Crippen LogP contribution in [0.25, 0.3) is 11.1 Å². The lowest BCUT2D eigenvalue weighted by Crippen LogP contribution is -2.22. The number of carbonyl (C=O) groups excluding carboxylic acids is 1. The second-order valence-electron chi connectivity index (χ2n) is 6.62. The highest BCUT2D eigenvalue weighted by Crippen LogP contribution is 2.36. The summed E-state index contributed by atoms with van der Waals surface area (Å²) in [5.74, 6) is -0.339. The number of pyridine rings is 1. The molecule has 0 spiro atoms. The molecule has 0 saturated carbocycles. The van der Waals surface area contributed by atoms with Crippen LogP contribution in [-0.4, -0.2) is 16.5 Å². The largest absolute Gasteiger partial charge is 0.383 e. The zero-order valence-corrected chi connectivity index (χ0v) is 15.4. The molecule has 0 aliphatic heterocycles. The van der Waals surface area contributed by atoms with Gasteiger partial charge in [0.2, 0.25) is 0 Å². The van der Waals surface area contributed by atoms with Crippen molar-refractivity contribution in [1.29, 1.82) is 10.5 Å². The lowest BCUT2D eigenvalue weighted by molar-refractivity contribution is -0.123. The molecule has 132 valence electrons. The van der Waals surface area contributed by atoms with E-state index in [0.717, 1.165) is 11.8 Å². The summed E-state index contributed by atoms with van der Waals surface area (Å²) in [7, 11) is 0. The van der Waals surface area contributed by atoms with E-state index < -0.39 is 11.2 Å². The van der Waals surface area contributed by atoms with E-state index in [9.17, 15) is 19.7 Å². The third-order valence-corrected chi connectivity index (χ3v) is 4.70. The predicted molar refractivity (Wildman–Crippen MR) is 98.7 cm³/mol. The number of nitrogens with zero attached hydrogens (tertiary/aromatic N) is 3. The number of rotatable bonds is 4. The quantitative estimate of drug-likeness (QED) is 0.820. The number of Topliss-reactive ketones (excluding diaryl/α,β-unsaturated/α-hetero) is 1. The van der Waals surface area contributed by atoms with Crippen molar-refractivity contribution in [2.75, 3.05) is 11.5 Å². The number of hydrogen-bond donors (Lipinski definition) is 1. The highest BCUT2D eigenvalue weighted by Gasteiger charge is 2.24. The Bertz CT molecular complexity index is 934. The first-order chi connectivity index (χ1) is 12.2. The Morgan fingerprint density at radius 3 is 2.27 bits per heavy atom. The molecule has 0 unspecified atom stereocenters. The molecule has 1 aromatic carbocycles. The fraction of sp³-hybridized carbons (Fsp3) is 0.263. The van der Waals surface area contributed by atoms with Gasteiger partial charge in [-0.3, -0.25) is 4.79 Å². The summed E-state index contributed by atoms with van der Waals surface area (Å²) >= 11 is 1.11. The summed E-state index contributed by atoms with van der Waals surface area (Å²) < 4.78 is 13.2. The molecule has 0 saturated heterocycles. The number of benzene rings is 1. The van der Waals surface area contributed by atoms with E-state index in [0.29, 0.717) is 11.1 Å². The first-order valence-corrected chi connectivity index (χ1v) is 8.73. The summed E-state index contributed by atoms with van der Waals surface area (Å²) in [6, 6.07) is 9.43. The van der Waals surface area contributed by atoms with Gasteiger partial charge >= 0.3 is 0 Å². The average molecular weight is 368 g/mol. The van der Waals surface area contributed by atoms with Crippen molar-refractivity contribution in [1.82, 2.24) is 4.98 Å². The molecule has 5 nitrogen and oxygen atoms in total. The Kier molecular flexibility index (Phi) is 5.64. The van der Waals surface area contributed by atoms with Crippen LogP contribution in [0.4, 0.5) is 10.2 Å². The molecule has 26 heavy (non-hydrogen) atoms. The maximum absolute atomic E-state index is 13.2. The van der Waals surface area contributed by atoms with Crippen molar-refractivity contribution in [2.45, 2.75) is 25.8 Å². The van der Waals surface area contributed by atoms with Crippen LogP contribution in [0.15, 0.2) is 29.3 Å². The molecule has 2 N–H and O–H groups in total. The third kappa shape index (κ3) is 4.01. The van der Waals surface area contributed by atoms with E-state index in [1.807, 2.05) is 32.9 Å². The van der Waals surface area contributed by atoms with Crippen LogP contribution >= 0.6 is 11.8 Å². The smallest absolute Gasteiger partial charge is 0.148 e. The van der Waals surface area contributed by atoms with E-state index in [1.54, 1.807) is 0 Å². The number of hydrogen-bond acceptors (Lipinski definition) is 6. The fourth-order valence-electron chi connectivity index (χ4n) is 2.16. The normalized spacial score (nSPS) is 10.8. The maximum atomic E-state index is 13.2. The molecule has 0 aliphatic rings. The van der Waals surface area contributed by atoms with Gasteiger partial charge in [-0.15, -0.1) is 0 Å². The Balaban J connectivity index is 2.59. The number of ketones is 1. The van der Waals surface area contributed by atoms with Crippen LogP contribution in [0.2, 0.25) is 0 Å². The lowest BCUT2D eigenvalue weighted by atomic mass is 9.92. The monoisotopic (exact) mass is 368 g/mol.